The number of aromatic nitrogens is 1. The Morgan fingerprint density at radius 1 is 1.41 bits per heavy atom. The van der Waals surface area contributed by atoms with E-state index in [1.165, 1.54) is 12.8 Å². The van der Waals surface area contributed by atoms with E-state index >= 15 is 0 Å². The molecule has 1 aliphatic rings. The Balaban J connectivity index is 1.95. The molecule has 0 aliphatic heterocycles. The van der Waals surface area contributed by atoms with E-state index < -0.39 is 0 Å². The van der Waals surface area contributed by atoms with E-state index in [1.807, 2.05) is 19.1 Å². The molecule has 0 aromatic carbocycles. The van der Waals surface area contributed by atoms with Gasteiger partial charge in [-0.05, 0) is 38.3 Å². The van der Waals surface area contributed by atoms with Crippen LogP contribution in [0.3, 0.4) is 0 Å². The molecule has 3 nitrogen and oxygen atoms in total. The van der Waals surface area contributed by atoms with E-state index in [-0.39, 0.29) is 0 Å². The summed E-state index contributed by atoms with van der Waals surface area (Å²) in [6.45, 7) is 5.81. The second kappa shape index (κ2) is 6.01. The van der Waals surface area contributed by atoms with Crippen molar-refractivity contribution in [3.05, 3.63) is 23.5 Å². The smallest absolute Gasteiger partial charge is 0.142 e. The Hall–Kier alpha value is -1.09. The summed E-state index contributed by atoms with van der Waals surface area (Å²) >= 11 is 0. The van der Waals surface area contributed by atoms with Gasteiger partial charge in [-0.1, -0.05) is 13.3 Å². The monoisotopic (exact) mass is 234 g/mol. The Kier molecular flexibility index (Phi) is 4.37. The topological polar surface area (TPSA) is 34.1 Å². The predicted octanol–water partition coefficient (Wildman–Crippen LogP) is 2.82. The van der Waals surface area contributed by atoms with Gasteiger partial charge in [0.05, 0.1) is 12.3 Å². The molecule has 17 heavy (non-hydrogen) atoms. The van der Waals surface area contributed by atoms with Crippen LogP contribution in [0.1, 0.15) is 44.0 Å². The number of pyridine rings is 1. The summed E-state index contributed by atoms with van der Waals surface area (Å²) < 4.78 is 5.78. The van der Waals surface area contributed by atoms with Crippen LogP contribution in [0, 0.1) is 6.92 Å². The van der Waals surface area contributed by atoms with E-state index in [4.69, 9.17) is 4.74 Å². The number of nitrogens with zero attached hydrogens (tertiary/aromatic N) is 1. The van der Waals surface area contributed by atoms with Gasteiger partial charge in [0.1, 0.15) is 5.75 Å². The Morgan fingerprint density at radius 2 is 2.24 bits per heavy atom. The van der Waals surface area contributed by atoms with Crippen LogP contribution in [-0.2, 0) is 6.54 Å². The predicted molar refractivity (Wildman–Crippen MR) is 69.2 cm³/mol. The number of rotatable bonds is 7. The van der Waals surface area contributed by atoms with Gasteiger partial charge in [0, 0.05) is 18.3 Å². The normalized spacial score (nSPS) is 14.9. The van der Waals surface area contributed by atoms with Crippen LogP contribution in [0.15, 0.2) is 12.1 Å². The first kappa shape index (κ1) is 12.4. The molecule has 0 unspecified atom stereocenters. The van der Waals surface area contributed by atoms with Crippen LogP contribution in [0.5, 0.6) is 5.75 Å². The second-order valence-electron chi connectivity index (χ2n) is 4.75. The fourth-order valence-corrected chi connectivity index (χ4v) is 1.71. The van der Waals surface area contributed by atoms with E-state index in [9.17, 15) is 0 Å². The maximum atomic E-state index is 5.78. The molecule has 0 atom stereocenters. The van der Waals surface area contributed by atoms with Crippen molar-refractivity contribution >= 4 is 0 Å². The highest BCUT2D eigenvalue weighted by molar-refractivity contribution is 5.29. The first-order valence-corrected chi connectivity index (χ1v) is 6.62. The van der Waals surface area contributed by atoms with Crippen molar-refractivity contribution in [3.63, 3.8) is 0 Å². The third kappa shape index (κ3) is 4.00. The van der Waals surface area contributed by atoms with Crippen LogP contribution in [0.4, 0.5) is 0 Å². The standard InChI is InChI=1S/C14H22N2O/c1-3-4-9-17-14-8-5-11(2)16-13(14)10-15-12-6-7-12/h5,8,12,15H,3-4,6-7,9-10H2,1-2H3. The lowest BCUT2D eigenvalue weighted by Crippen LogP contribution is -2.17. The highest BCUT2D eigenvalue weighted by atomic mass is 16.5. The Bertz CT molecular complexity index is 361. The fourth-order valence-electron chi connectivity index (χ4n) is 1.71. The van der Waals surface area contributed by atoms with Crippen molar-refractivity contribution in [3.8, 4) is 5.75 Å². The second-order valence-corrected chi connectivity index (χ2v) is 4.75. The van der Waals surface area contributed by atoms with E-state index in [1.54, 1.807) is 0 Å². The van der Waals surface area contributed by atoms with Gasteiger partial charge in [0.2, 0.25) is 0 Å². The van der Waals surface area contributed by atoms with Gasteiger partial charge in [0.15, 0.2) is 0 Å². The molecular weight excluding hydrogens is 212 g/mol. The summed E-state index contributed by atoms with van der Waals surface area (Å²) in [5, 5.41) is 3.49. The Labute approximate surface area is 104 Å². The van der Waals surface area contributed by atoms with Crippen LogP contribution in [-0.4, -0.2) is 17.6 Å². The SMILES string of the molecule is CCCCOc1ccc(C)nc1CNC1CC1. The summed E-state index contributed by atoms with van der Waals surface area (Å²) in [4.78, 5) is 4.56. The molecule has 0 radical (unpaired) electrons. The zero-order valence-electron chi connectivity index (χ0n) is 10.8. The molecule has 1 fully saturated rings. The van der Waals surface area contributed by atoms with Crippen molar-refractivity contribution in [2.45, 2.75) is 52.1 Å². The summed E-state index contributed by atoms with van der Waals surface area (Å²) in [6.07, 6.45) is 4.87. The van der Waals surface area contributed by atoms with Crippen LogP contribution in [0.25, 0.3) is 0 Å². The molecular formula is C14H22N2O. The number of aryl methyl sites for hydroxylation is 1. The van der Waals surface area contributed by atoms with Gasteiger partial charge in [0.25, 0.3) is 0 Å². The van der Waals surface area contributed by atoms with Gasteiger partial charge in [-0.3, -0.25) is 4.98 Å². The highest BCUT2D eigenvalue weighted by Crippen LogP contribution is 2.22. The molecule has 1 heterocycles. The molecule has 0 spiro atoms. The zero-order valence-corrected chi connectivity index (χ0v) is 10.8. The minimum Gasteiger partial charge on any atom is -0.492 e. The molecule has 0 amide bonds. The van der Waals surface area contributed by atoms with Gasteiger partial charge >= 0.3 is 0 Å². The molecule has 1 aliphatic carbocycles. The van der Waals surface area contributed by atoms with Crippen molar-refractivity contribution in [2.75, 3.05) is 6.61 Å². The number of ether oxygens (including phenoxy) is 1. The summed E-state index contributed by atoms with van der Waals surface area (Å²) in [5.74, 6) is 0.942. The zero-order chi connectivity index (χ0) is 12.1. The number of hydrogen-bond donors (Lipinski definition) is 1. The quantitative estimate of drug-likeness (QED) is 0.737. The van der Waals surface area contributed by atoms with E-state index in [2.05, 4.69) is 17.2 Å². The van der Waals surface area contributed by atoms with Crippen LogP contribution < -0.4 is 10.1 Å². The molecule has 1 aromatic heterocycles. The highest BCUT2D eigenvalue weighted by Gasteiger charge is 2.21. The average Bonchev–Trinajstić information content (AvgIpc) is 3.13. The van der Waals surface area contributed by atoms with Gasteiger partial charge in [-0.2, -0.15) is 0 Å². The van der Waals surface area contributed by atoms with E-state index in [0.29, 0.717) is 6.04 Å². The first-order valence-electron chi connectivity index (χ1n) is 6.62. The molecule has 0 bridgehead atoms. The van der Waals surface area contributed by atoms with Gasteiger partial charge in [-0.25, -0.2) is 0 Å². The molecule has 3 heteroatoms. The van der Waals surface area contributed by atoms with Crippen LogP contribution in [0.2, 0.25) is 0 Å². The minimum absolute atomic E-state index is 0.709. The molecule has 1 aromatic rings. The van der Waals surface area contributed by atoms with Gasteiger partial charge < -0.3 is 10.1 Å². The van der Waals surface area contributed by atoms with Crippen molar-refractivity contribution in [1.82, 2.24) is 10.3 Å². The summed E-state index contributed by atoms with van der Waals surface area (Å²) in [5.41, 5.74) is 2.11. The molecule has 0 saturated heterocycles. The lowest BCUT2D eigenvalue weighted by Gasteiger charge is -2.11. The lowest BCUT2D eigenvalue weighted by molar-refractivity contribution is 0.303. The van der Waals surface area contributed by atoms with E-state index in [0.717, 1.165) is 43.1 Å². The molecule has 94 valence electrons. The first-order chi connectivity index (χ1) is 8.29. The largest absolute Gasteiger partial charge is 0.492 e. The third-order valence-electron chi connectivity index (χ3n) is 2.96. The Morgan fingerprint density at radius 3 is 2.94 bits per heavy atom. The van der Waals surface area contributed by atoms with Crippen molar-refractivity contribution < 1.29 is 4.74 Å². The van der Waals surface area contributed by atoms with Gasteiger partial charge in [-0.15, -0.1) is 0 Å². The lowest BCUT2D eigenvalue weighted by atomic mass is 10.2. The fraction of sp³-hybridized carbons (Fsp3) is 0.643. The average molecular weight is 234 g/mol. The summed E-state index contributed by atoms with van der Waals surface area (Å²) in [6, 6.07) is 4.77. The van der Waals surface area contributed by atoms with Crippen molar-refractivity contribution in [1.29, 1.82) is 0 Å². The number of nitrogens with one attached hydrogen (secondary N) is 1. The van der Waals surface area contributed by atoms with Crippen LogP contribution >= 0.6 is 0 Å². The van der Waals surface area contributed by atoms with Crippen molar-refractivity contribution in [2.24, 2.45) is 0 Å². The molecule has 1 saturated carbocycles. The minimum atomic E-state index is 0.709. The summed E-state index contributed by atoms with van der Waals surface area (Å²) in [7, 11) is 0. The maximum Gasteiger partial charge on any atom is 0.142 e. The molecule has 1 N–H and O–H groups in total. The molecule has 2 rings (SSSR count). The number of hydrogen-bond acceptors (Lipinski definition) is 3. The third-order valence-corrected chi connectivity index (χ3v) is 2.96. The maximum absolute atomic E-state index is 5.78. The number of unbranched alkanes of at least 4 members (excludes halogenated alkanes) is 1.